The summed E-state index contributed by atoms with van der Waals surface area (Å²) in [6.45, 7) is 6.09. The Bertz CT molecular complexity index is 405. The van der Waals surface area contributed by atoms with Crippen LogP contribution in [0.5, 0.6) is 0 Å². The van der Waals surface area contributed by atoms with Crippen molar-refractivity contribution in [2.45, 2.75) is 51.0 Å². The molecule has 1 aliphatic carbocycles. The second-order valence-corrected chi connectivity index (χ2v) is 5.62. The lowest BCUT2D eigenvalue weighted by Crippen LogP contribution is -2.32. The molecular weight excluding hydrogens is 214 g/mol. The van der Waals surface area contributed by atoms with Crippen molar-refractivity contribution in [1.29, 1.82) is 0 Å². The zero-order valence-corrected chi connectivity index (χ0v) is 10.7. The van der Waals surface area contributed by atoms with Crippen molar-refractivity contribution in [2.24, 2.45) is 0 Å². The Labute approximate surface area is 102 Å². The number of nitrogens with zero attached hydrogens (tertiary/aromatic N) is 1. The van der Waals surface area contributed by atoms with Gasteiger partial charge < -0.3 is 10.1 Å². The first kappa shape index (κ1) is 11.1. The molecule has 1 aromatic rings. The maximum absolute atomic E-state index is 5.49. The van der Waals surface area contributed by atoms with Crippen molar-refractivity contribution < 1.29 is 4.74 Å². The Hall–Kier alpha value is -1.03. The Balaban J connectivity index is 1.90. The summed E-state index contributed by atoms with van der Waals surface area (Å²) in [6, 6.07) is 0.439. The van der Waals surface area contributed by atoms with Gasteiger partial charge in [0.05, 0.1) is 0 Å². The summed E-state index contributed by atoms with van der Waals surface area (Å²) in [5.41, 5.74) is 3.13. The third-order valence-electron chi connectivity index (χ3n) is 4.13. The van der Waals surface area contributed by atoms with Gasteiger partial charge in [0.15, 0.2) is 5.82 Å². The molecule has 0 bridgehead atoms. The van der Waals surface area contributed by atoms with Gasteiger partial charge in [-0.15, -0.1) is 0 Å². The molecule has 94 valence electrons. The fourth-order valence-corrected chi connectivity index (χ4v) is 3.19. The normalized spacial score (nSPS) is 22.1. The fraction of sp³-hybridized carbons (Fsp3) is 0.769. The number of anilines is 1. The van der Waals surface area contributed by atoms with Crippen molar-refractivity contribution >= 4 is 5.82 Å². The second-order valence-electron chi connectivity index (χ2n) is 5.62. The van der Waals surface area contributed by atoms with E-state index in [0.29, 0.717) is 11.5 Å². The molecule has 1 fully saturated rings. The molecule has 4 heteroatoms. The van der Waals surface area contributed by atoms with Crippen LogP contribution < -0.4 is 5.32 Å². The Morgan fingerprint density at radius 1 is 1.29 bits per heavy atom. The molecule has 2 N–H and O–H groups in total. The molecule has 2 heterocycles. The Kier molecular flexibility index (Phi) is 2.62. The van der Waals surface area contributed by atoms with Crippen LogP contribution in [0, 0.1) is 0 Å². The summed E-state index contributed by atoms with van der Waals surface area (Å²) < 4.78 is 5.49. The van der Waals surface area contributed by atoms with Crippen LogP contribution in [0.3, 0.4) is 0 Å². The lowest BCUT2D eigenvalue weighted by molar-refractivity contribution is 0.0491. The number of hydrogen-bond donors (Lipinski definition) is 2. The van der Waals surface area contributed by atoms with E-state index in [-0.39, 0.29) is 0 Å². The minimum Gasteiger partial charge on any atom is -0.381 e. The van der Waals surface area contributed by atoms with Gasteiger partial charge in [0, 0.05) is 35.9 Å². The van der Waals surface area contributed by atoms with Gasteiger partial charge in [-0.1, -0.05) is 0 Å². The van der Waals surface area contributed by atoms with E-state index in [9.17, 15) is 0 Å². The second kappa shape index (κ2) is 4.02. The van der Waals surface area contributed by atoms with E-state index in [0.717, 1.165) is 38.3 Å². The van der Waals surface area contributed by atoms with Gasteiger partial charge in [0.2, 0.25) is 0 Å². The predicted octanol–water partition coefficient (Wildman–Crippen LogP) is 2.22. The van der Waals surface area contributed by atoms with E-state index in [1.54, 1.807) is 0 Å². The van der Waals surface area contributed by atoms with Crippen molar-refractivity contribution in [1.82, 2.24) is 10.2 Å². The molecule has 0 radical (unpaired) electrons. The van der Waals surface area contributed by atoms with Gasteiger partial charge >= 0.3 is 0 Å². The molecular formula is C13H21N3O. The van der Waals surface area contributed by atoms with Crippen LogP contribution in [0.15, 0.2) is 0 Å². The van der Waals surface area contributed by atoms with Crippen LogP contribution in [0.2, 0.25) is 0 Å². The number of ether oxygens (including phenoxy) is 1. The first-order chi connectivity index (χ1) is 8.21. The van der Waals surface area contributed by atoms with Crippen LogP contribution in [-0.2, 0) is 16.6 Å². The third kappa shape index (κ3) is 1.75. The smallest absolute Gasteiger partial charge is 0.151 e. The van der Waals surface area contributed by atoms with Crippen LogP contribution in [0.1, 0.15) is 44.4 Å². The number of aromatic amines is 1. The maximum atomic E-state index is 5.49. The molecule has 0 aromatic carbocycles. The van der Waals surface area contributed by atoms with Gasteiger partial charge in [-0.3, -0.25) is 5.10 Å². The Morgan fingerprint density at radius 2 is 2.06 bits per heavy atom. The van der Waals surface area contributed by atoms with Crippen LogP contribution in [0.4, 0.5) is 5.82 Å². The molecule has 2 aliphatic rings. The van der Waals surface area contributed by atoms with Gasteiger partial charge in [-0.25, -0.2) is 0 Å². The van der Waals surface area contributed by atoms with E-state index < -0.39 is 0 Å². The summed E-state index contributed by atoms with van der Waals surface area (Å²) in [4.78, 5) is 0. The SMILES string of the molecule is CC(C)Nc1n[nH]c2c1CCC21CCOCC1. The first-order valence-electron chi connectivity index (χ1n) is 6.63. The van der Waals surface area contributed by atoms with E-state index >= 15 is 0 Å². The number of rotatable bonds is 2. The van der Waals surface area contributed by atoms with Crippen LogP contribution in [-0.4, -0.2) is 29.5 Å². The highest BCUT2D eigenvalue weighted by Crippen LogP contribution is 2.46. The molecule has 1 saturated heterocycles. The minimum absolute atomic E-state index is 0.331. The largest absolute Gasteiger partial charge is 0.381 e. The number of aromatic nitrogens is 2. The van der Waals surface area contributed by atoms with Gasteiger partial charge in [-0.05, 0) is 39.5 Å². The number of hydrogen-bond acceptors (Lipinski definition) is 3. The van der Waals surface area contributed by atoms with E-state index in [1.165, 1.54) is 17.7 Å². The summed E-state index contributed by atoms with van der Waals surface area (Å²) in [6.07, 6.45) is 4.69. The average Bonchev–Trinajstić information content (AvgIpc) is 2.84. The first-order valence-corrected chi connectivity index (χ1v) is 6.63. The molecule has 17 heavy (non-hydrogen) atoms. The quantitative estimate of drug-likeness (QED) is 0.826. The van der Waals surface area contributed by atoms with Crippen LogP contribution in [0.25, 0.3) is 0 Å². The van der Waals surface area contributed by atoms with E-state index in [1.807, 2.05) is 0 Å². The van der Waals surface area contributed by atoms with Gasteiger partial charge in [0.25, 0.3) is 0 Å². The van der Waals surface area contributed by atoms with Gasteiger partial charge in [0.1, 0.15) is 0 Å². The molecule has 1 aliphatic heterocycles. The van der Waals surface area contributed by atoms with Crippen molar-refractivity contribution in [3.05, 3.63) is 11.3 Å². The topological polar surface area (TPSA) is 49.9 Å². The highest BCUT2D eigenvalue weighted by molar-refractivity contribution is 5.52. The molecule has 1 spiro atoms. The molecule has 0 atom stereocenters. The van der Waals surface area contributed by atoms with Gasteiger partial charge in [-0.2, -0.15) is 5.10 Å². The van der Waals surface area contributed by atoms with Crippen molar-refractivity contribution in [2.75, 3.05) is 18.5 Å². The predicted molar refractivity (Wildman–Crippen MR) is 67.4 cm³/mol. The number of H-pyrrole nitrogens is 1. The molecule has 1 aromatic heterocycles. The minimum atomic E-state index is 0.331. The average molecular weight is 235 g/mol. The number of nitrogens with one attached hydrogen (secondary N) is 2. The zero-order chi connectivity index (χ0) is 11.9. The number of fused-ring (bicyclic) bond motifs is 2. The highest BCUT2D eigenvalue weighted by Gasteiger charge is 2.42. The standard InChI is InChI=1S/C13H21N3O/c1-9(2)14-12-10-3-4-13(11(10)15-16-12)5-7-17-8-6-13/h9H,3-8H2,1-2H3,(H2,14,15,16). The molecule has 3 rings (SSSR count). The molecule has 0 saturated carbocycles. The maximum Gasteiger partial charge on any atom is 0.151 e. The highest BCUT2D eigenvalue weighted by atomic mass is 16.5. The van der Waals surface area contributed by atoms with Crippen molar-refractivity contribution in [3.63, 3.8) is 0 Å². The summed E-state index contributed by atoms with van der Waals surface area (Å²) >= 11 is 0. The lowest BCUT2D eigenvalue weighted by Gasteiger charge is -2.32. The van der Waals surface area contributed by atoms with E-state index in [2.05, 4.69) is 29.4 Å². The third-order valence-corrected chi connectivity index (χ3v) is 4.13. The Morgan fingerprint density at radius 3 is 2.76 bits per heavy atom. The summed E-state index contributed by atoms with van der Waals surface area (Å²) in [5, 5.41) is 11.2. The van der Waals surface area contributed by atoms with Crippen LogP contribution >= 0.6 is 0 Å². The molecule has 0 unspecified atom stereocenters. The van der Waals surface area contributed by atoms with E-state index in [4.69, 9.17) is 4.74 Å². The zero-order valence-electron chi connectivity index (χ0n) is 10.7. The fourth-order valence-electron chi connectivity index (χ4n) is 3.19. The summed E-state index contributed by atoms with van der Waals surface area (Å²) in [5.74, 6) is 1.07. The van der Waals surface area contributed by atoms with Crippen molar-refractivity contribution in [3.8, 4) is 0 Å². The lowest BCUT2D eigenvalue weighted by atomic mass is 9.78. The summed E-state index contributed by atoms with van der Waals surface area (Å²) in [7, 11) is 0. The molecule has 4 nitrogen and oxygen atoms in total. The molecule has 0 amide bonds. The monoisotopic (exact) mass is 235 g/mol.